The highest BCUT2D eigenvalue weighted by atomic mass is 32.2. The number of carbonyl (C=O) groups is 2. The van der Waals surface area contributed by atoms with Gasteiger partial charge >= 0.3 is 0 Å². The molecule has 0 radical (unpaired) electrons. The molecule has 0 fully saturated rings. The SMILES string of the molecule is CCc1ccc(N(CCCC(=O)N(Cc2ccc(C)cc2)[C@H](CC)C(=O)N[C@@H](C)CC)S(C)(=O)=O)cc1. The molecule has 0 aliphatic rings. The molecule has 0 aliphatic heterocycles. The second-order valence-electron chi connectivity index (χ2n) is 9.71. The Morgan fingerprint density at radius 3 is 2.03 bits per heavy atom. The number of nitrogens with one attached hydrogen (secondary N) is 1. The minimum absolute atomic E-state index is 0.0142. The molecule has 0 saturated carbocycles. The fourth-order valence-corrected chi connectivity index (χ4v) is 5.12. The van der Waals surface area contributed by atoms with Crippen molar-refractivity contribution in [2.45, 2.75) is 85.4 Å². The molecular formula is C29H43N3O4S. The van der Waals surface area contributed by atoms with Crippen LogP contribution in [0.15, 0.2) is 48.5 Å². The fraction of sp³-hybridized carbons (Fsp3) is 0.517. The number of aryl methyl sites for hydroxylation is 2. The fourth-order valence-electron chi connectivity index (χ4n) is 4.15. The summed E-state index contributed by atoms with van der Waals surface area (Å²) in [6.45, 7) is 10.4. The number of anilines is 1. The van der Waals surface area contributed by atoms with E-state index in [1.54, 1.807) is 17.0 Å². The van der Waals surface area contributed by atoms with Crippen LogP contribution in [0.5, 0.6) is 0 Å². The van der Waals surface area contributed by atoms with E-state index in [9.17, 15) is 18.0 Å². The maximum absolute atomic E-state index is 13.5. The van der Waals surface area contributed by atoms with Crippen LogP contribution in [0, 0.1) is 6.92 Å². The molecule has 0 saturated heterocycles. The summed E-state index contributed by atoms with van der Waals surface area (Å²) in [6, 6.07) is 14.8. The molecule has 0 aromatic heterocycles. The third-order valence-corrected chi connectivity index (χ3v) is 7.84. The summed E-state index contributed by atoms with van der Waals surface area (Å²) < 4.78 is 26.4. The van der Waals surface area contributed by atoms with Gasteiger partial charge in [0, 0.05) is 25.6 Å². The zero-order valence-electron chi connectivity index (χ0n) is 23.2. The maximum Gasteiger partial charge on any atom is 0.243 e. The second-order valence-corrected chi connectivity index (χ2v) is 11.6. The molecule has 2 aromatic carbocycles. The number of benzene rings is 2. The summed E-state index contributed by atoms with van der Waals surface area (Å²) in [7, 11) is -3.51. The van der Waals surface area contributed by atoms with Crippen molar-refractivity contribution in [2.24, 2.45) is 0 Å². The molecule has 0 heterocycles. The van der Waals surface area contributed by atoms with E-state index >= 15 is 0 Å². The maximum atomic E-state index is 13.5. The normalized spacial score (nSPS) is 13.0. The van der Waals surface area contributed by atoms with Gasteiger partial charge in [0.25, 0.3) is 0 Å². The Morgan fingerprint density at radius 2 is 1.51 bits per heavy atom. The molecule has 2 rings (SSSR count). The second kappa shape index (κ2) is 14.2. The average Bonchev–Trinajstić information content (AvgIpc) is 2.86. The first kappa shape index (κ1) is 30.4. The first-order valence-electron chi connectivity index (χ1n) is 13.2. The highest BCUT2D eigenvalue weighted by Crippen LogP contribution is 2.21. The first-order chi connectivity index (χ1) is 17.5. The van der Waals surface area contributed by atoms with Crippen molar-refractivity contribution < 1.29 is 18.0 Å². The van der Waals surface area contributed by atoms with Crippen molar-refractivity contribution in [1.29, 1.82) is 0 Å². The van der Waals surface area contributed by atoms with Crippen molar-refractivity contribution in [3.63, 3.8) is 0 Å². The number of amides is 2. The van der Waals surface area contributed by atoms with Gasteiger partial charge in [-0.15, -0.1) is 0 Å². The Kier molecular flexibility index (Phi) is 11.6. The molecule has 2 aromatic rings. The van der Waals surface area contributed by atoms with Gasteiger partial charge in [0.15, 0.2) is 0 Å². The minimum Gasteiger partial charge on any atom is -0.352 e. The van der Waals surface area contributed by atoms with Gasteiger partial charge in [0.05, 0.1) is 11.9 Å². The Morgan fingerprint density at radius 1 is 0.919 bits per heavy atom. The number of rotatable bonds is 14. The van der Waals surface area contributed by atoms with Gasteiger partial charge in [0.1, 0.15) is 6.04 Å². The predicted octanol–water partition coefficient (Wildman–Crippen LogP) is 4.83. The van der Waals surface area contributed by atoms with Crippen molar-refractivity contribution in [1.82, 2.24) is 10.2 Å². The summed E-state index contributed by atoms with van der Waals surface area (Å²) >= 11 is 0. The smallest absolute Gasteiger partial charge is 0.243 e. The predicted molar refractivity (Wildman–Crippen MR) is 151 cm³/mol. The third kappa shape index (κ3) is 9.18. The molecule has 8 heteroatoms. The van der Waals surface area contributed by atoms with Crippen molar-refractivity contribution in [3.8, 4) is 0 Å². The molecule has 1 N–H and O–H groups in total. The van der Waals surface area contributed by atoms with Crippen molar-refractivity contribution >= 4 is 27.5 Å². The number of nitrogens with zero attached hydrogens (tertiary/aromatic N) is 2. The van der Waals surface area contributed by atoms with Gasteiger partial charge in [0.2, 0.25) is 21.8 Å². The zero-order valence-corrected chi connectivity index (χ0v) is 24.0. The molecule has 0 spiro atoms. The van der Waals surface area contributed by atoms with Gasteiger partial charge in [-0.3, -0.25) is 13.9 Å². The highest BCUT2D eigenvalue weighted by Gasteiger charge is 2.29. The molecule has 0 unspecified atom stereocenters. The van der Waals surface area contributed by atoms with Crippen LogP contribution >= 0.6 is 0 Å². The summed E-state index contributed by atoms with van der Waals surface area (Å²) in [4.78, 5) is 28.2. The van der Waals surface area contributed by atoms with Crippen LogP contribution in [0.3, 0.4) is 0 Å². The Hall–Kier alpha value is -2.87. The monoisotopic (exact) mass is 529 g/mol. The number of sulfonamides is 1. The lowest BCUT2D eigenvalue weighted by molar-refractivity contribution is -0.141. The molecular weight excluding hydrogens is 486 g/mol. The largest absolute Gasteiger partial charge is 0.352 e. The van der Waals surface area contributed by atoms with Gasteiger partial charge < -0.3 is 10.2 Å². The quantitative estimate of drug-likeness (QED) is 0.380. The van der Waals surface area contributed by atoms with Crippen LogP contribution in [0.4, 0.5) is 5.69 Å². The van der Waals surface area contributed by atoms with E-state index < -0.39 is 16.1 Å². The van der Waals surface area contributed by atoms with Crippen LogP contribution in [0.25, 0.3) is 0 Å². The molecule has 37 heavy (non-hydrogen) atoms. The van der Waals surface area contributed by atoms with Gasteiger partial charge in [-0.1, -0.05) is 62.7 Å². The van der Waals surface area contributed by atoms with Crippen LogP contribution < -0.4 is 9.62 Å². The highest BCUT2D eigenvalue weighted by molar-refractivity contribution is 7.92. The molecule has 7 nitrogen and oxygen atoms in total. The van der Waals surface area contributed by atoms with Crippen LogP contribution in [-0.2, 0) is 32.6 Å². The zero-order chi connectivity index (χ0) is 27.6. The average molecular weight is 530 g/mol. The lowest BCUT2D eigenvalue weighted by Gasteiger charge is -2.32. The van der Waals surface area contributed by atoms with Crippen LogP contribution in [0.1, 0.15) is 70.1 Å². The molecule has 2 atom stereocenters. The van der Waals surface area contributed by atoms with E-state index in [-0.39, 0.29) is 30.8 Å². The number of hydrogen-bond acceptors (Lipinski definition) is 4. The van der Waals surface area contributed by atoms with Crippen molar-refractivity contribution in [2.75, 3.05) is 17.1 Å². The van der Waals surface area contributed by atoms with E-state index in [4.69, 9.17) is 0 Å². The standard InChI is InChI=1S/C29H43N3O4S/c1-7-23(5)30-29(34)27(9-3)31(21-25-14-12-22(4)13-15-25)28(33)11-10-20-32(37(6,35)36)26-18-16-24(8-2)17-19-26/h12-19,23,27H,7-11,20-21H2,1-6H3,(H,30,34)/t23-,27+/m0/s1. The first-order valence-corrected chi connectivity index (χ1v) is 15.1. The number of carbonyl (C=O) groups excluding carboxylic acids is 2. The van der Waals surface area contributed by atoms with Crippen molar-refractivity contribution in [3.05, 3.63) is 65.2 Å². The summed E-state index contributed by atoms with van der Waals surface area (Å²) in [6.07, 6.45) is 3.81. The van der Waals surface area contributed by atoms with Crippen LogP contribution in [-0.4, -0.2) is 50.0 Å². The third-order valence-electron chi connectivity index (χ3n) is 6.65. The van der Waals surface area contributed by atoms with Gasteiger partial charge in [-0.05, 0) is 62.8 Å². The van der Waals surface area contributed by atoms with Gasteiger partial charge in [-0.2, -0.15) is 0 Å². The van der Waals surface area contributed by atoms with E-state index in [2.05, 4.69) is 5.32 Å². The van der Waals surface area contributed by atoms with E-state index in [0.717, 1.165) is 29.5 Å². The molecule has 2 amide bonds. The van der Waals surface area contributed by atoms with E-state index in [1.807, 2.05) is 71.0 Å². The van der Waals surface area contributed by atoms with Gasteiger partial charge in [-0.25, -0.2) is 8.42 Å². The van der Waals surface area contributed by atoms with Crippen LogP contribution in [0.2, 0.25) is 0 Å². The lowest BCUT2D eigenvalue weighted by Crippen LogP contribution is -2.50. The Bertz CT molecular complexity index is 1110. The summed E-state index contributed by atoms with van der Waals surface area (Å²) in [5, 5.41) is 3.02. The molecule has 204 valence electrons. The Balaban J connectivity index is 2.21. The minimum atomic E-state index is -3.51. The lowest BCUT2D eigenvalue weighted by atomic mass is 10.1. The molecule has 0 bridgehead atoms. The van der Waals surface area contributed by atoms with E-state index in [0.29, 0.717) is 25.1 Å². The topological polar surface area (TPSA) is 86.8 Å². The Labute approximate surface area is 223 Å². The molecule has 0 aliphatic carbocycles. The number of hydrogen-bond donors (Lipinski definition) is 1. The van der Waals surface area contributed by atoms with E-state index in [1.165, 1.54) is 10.6 Å². The summed E-state index contributed by atoms with van der Waals surface area (Å²) in [5.41, 5.74) is 3.78. The summed E-state index contributed by atoms with van der Waals surface area (Å²) in [5.74, 6) is -0.326.